The summed E-state index contributed by atoms with van der Waals surface area (Å²) in [6.45, 7) is 2.72. The molecule has 1 fully saturated rings. The van der Waals surface area contributed by atoms with Crippen LogP contribution in [0, 0.1) is 5.92 Å². The van der Waals surface area contributed by atoms with E-state index in [-0.39, 0.29) is 0 Å². The van der Waals surface area contributed by atoms with Crippen LogP contribution >= 0.6 is 0 Å². The number of nitrogens with zero attached hydrogens (tertiary/aromatic N) is 2. The van der Waals surface area contributed by atoms with Crippen molar-refractivity contribution in [1.82, 2.24) is 15.1 Å². The van der Waals surface area contributed by atoms with Crippen molar-refractivity contribution in [3.63, 3.8) is 0 Å². The highest BCUT2D eigenvalue weighted by molar-refractivity contribution is 4.86. The molecule has 4 heteroatoms. The van der Waals surface area contributed by atoms with Gasteiger partial charge in [-0.05, 0) is 24.8 Å². The molecule has 4 nitrogen and oxygen atoms in total. The fourth-order valence-electron chi connectivity index (χ4n) is 1.84. The molecule has 0 spiro atoms. The standard InChI is InChI=1S/C11H19N3O/c1-15-9-11(10-3-4-10)12-6-8-14-7-2-5-13-14/h2,5,7,10-12H,3-4,6,8-9H2,1H3. The quantitative estimate of drug-likeness (QED) is 0.725. The van der Waals surface area contributed by atoms with Crippen molar-refractivity contribution < 1.29 is 4.74 Å². The van der Waals surface area contributed by atoms with Crippen LogP contribution < -0.4 is 5.32 Å². The zero-order valence-corrected chi connectivity index (χ0v) is 9.22. The maximum atomic E-state index is 5.21. The second kappa shape index (κ2) is 5.28. The summed E-state index contributed by atoms with van der Waals surface area (Å²) in [6, 6.07) is 2.48. The van der Waals surface area contributed by atoms with Gasteiger partial charge in [0.05, 0.1) is 13.2 Å². The zero-order valence-electron chi connectivity index (χ0n) is 9.22. The molecule has 0 aromatic carbocycles. The number of hydrogen-bond acceptors (Lipinski definition) is 3. The number of aromatic nitrogens is 2. The molecule has 1 aliphatic carbocycles. The Hall–Kier alpha value is -0.870. The maximum absolute atomic E-state index is 5.21. The van der Waals surface area contributed by atoms with E-state index in [4.69, 9.17) is 4.74 Å². The Balaban J connectivity index is 1.66. The fourth-order valence-corrected chi connectivity index (χ4v) is 1.84. The topological polar surface area (TPSA) is 39.1 Å². The Bertz CT molecular complexity index is 269. The average Bonchev–Trinajstić information content (AvgIpc) is 2.96. The van der Waals surface area contributed by atoms with E-state index in [2.05, 4.69) is 10.4 Å². The van der Waals surface area contributed by atoms with Gasteiger partial charge in [0.1, 0.15) is 0 Å². The van der Waals surface area contributed by atoms with Crippen LogP contribution in [-0.4, -0.2) is 36.1 Å². The van der Waals surface area contributed by atoms with Gasteiger partial charge in [0.15, 0.2) is 0 Å². The molecule has 1 aromatic rings. The smallest absolute Gasteiger partial charge is 0.0618 e. The molecular weight excluding hydrogens is 190 g/mol. The van der Waals surface area contributed by atoms with Gasteiger partial charge in [-0.3, -0.25) is 4.68 Å². The molecular formula is C11H19N3O. The molecule has 15 heavy (non-hydrogen) atoms. The Morgan fingerprint density at radius 3 is 3.07 bits per heavy atom. The van der Waals surface area contributed by atoms with Crippen LogP contribution in [0.25, 0.3) is 0 Å². The van der Waals surface area contributed by atoms with Crippen molar-refractivity contribution in [3.05, 3.63) is 18.5 Å². The monoisotopic (exact) mass is 209 g/mol. The van der Waals surface area contributed by atoms with Crippen molar-refractivity contribution >= 4 is 0 Å². The van der Waals surface area contributed by atoms with Crippen LogP contribution in [0.5, 0.6) is 0 Å². The number of ether oxygens (including phenoxy) is 1. The van der Waals surface area contributed by atoms with Gasteiger partial charge in [0, 0.05) is 32.1 Å². The summed E-state index contributed by atoms with van der Waals surface area (Å²) in [5.41, 5.74) is 0. The first-order valence-electron chi connectivity index (χ1n) is 5.60. The second-order valence-electron chi connectivity index (χ2n) is 4.12. The van der Waals surface area contributed by atoms with Gasteiger partial charge in [0.2, 0.25) is 0 Å². The lowest BCUT2D eigenvalue weighted by molar-refractivity contribution is 0.157. The Labute approximate surface area is 90.6 Å². The van der Waals surface area contributed by atoms with Gasteiger partial charge in [-0.2, -0.15) is 5.10 Å². The summed E-state index contributed by atoms with van der Waals surface area (Å²) < 4.78 is 7.16. The highest BCUT2D eigenvalue weighted by Gasteiger charge is 2.30. The first kappa shape index (κ1) is 10.6. The van der Waals surface area contributed by atoms with E-state index in [1.807, 2.05) is 23.1 Å². The van der Waals surface area contributed by atoms with Gasteiger partial charge in [-0.1, -0.05) is 0 Å². The summed E-state index contributed by atoms with van der Waals surface area (Å²) in [6.07, 6.45) is 6.50. The van der Waals surface area contributed by atoms with E-state index in [0.29, 0.717) is 6.04 Å². The highest BCUT2D eigenvalue weighted by atomic mass is 16.5. The Morgan fingerprint density at radius 1 is 1.60 bits per heavy atom. The van der Waals surface area contributed by atoms with Crippen molar-refractivity contribution in [2.24, 2.45) is 5.92 Å². The maximum Gasteiger partial charge on any atom is 0.0618 e. The van der Waals surface area contributed by atoms with Crippen molar-refractivity contribution in [2.45, 2.75) is 25.4 Å². The molecule has 0 amide bonds. The van der Waals surface area contributed by atoms with E-state index in [1.54, 1.807) is 7.11 Å². The Kier molecular flexibility index (Phi) is 3.75. The van der Waals surface area contributed by atoms with Gasteiger partial charge < -0.3 is 10.1 Å². The highest BCUT2D eigenvalue weighted by Crippen LogP contribution is 2.32. The predicted molar refractivity (Wildman–Crippen MR) is 58.6 cm³/mol. The molecule has 1 heterocycles. The van der Waals surface area contributed by atoms with Crippen LogP contribution in [-0.2, 0) is 11.3 Å². The minimum atomic E-state index is 0.533. The van der Waals surface area contributed by atoms with E-state index in [0.717, 1.165) is 25.6 Å². The van der Waals surface area contributed by atoms with Crippen molar-refractivity contribution in [1.29, 1.82) is 0 Å². The molecule has 0 saturated heterocycles. The van der Waals surface area contributed by atoms with Gasteiger partial charge in [-0.15, -0.1) is 0 Å². The molecule has 1 unspecified atom stereocenters. The third kappa shape index (κ3) is 3.32. The molecule has 0 bridgehead atoms. The molecule has 1 N–H and O–H groups in total. The molecule has 0 radical (unpaired) electrons. The first-order valence-corrected chi connectivity index (χ1v) is 5.60. The second-order valence-corrected chi connectivity index (χ2v) is 4.12. The normalized spacial score (nSPS) is 17.9. The lowest BCUT2D eigenvalue weighted by atomic mass is 10.2. The predicted octanol–water partition coefficient (Wildman–Crippen LogP) is 0.898. The van der Waals surface area contributed by atoms with Gasteiger partial charge >= 0.3 is 0 Å². The van der Waals surface area contributed by atoms with Crippen molar-refractivity contribution in [3.8, 4) is 0 Å². The minimum Gasteiger partial charge on any atom is -0.383 e. The molecule has 1 saturated carbocycles. The van der Waals surface area contributed by atoms with Crippen LogP contribution in [0.3, 0.4) is 0 Å². The van der Waals surface area contributed by atoms with Crippen LogP contribution in [0.15, 0.2) is 18.5 Å². The first-order chi connectivity index (χ1) is 7.40. The minimum absolute atomic E-state index is 0.533. The average molecular weight is 209 g/mol. The summed E-state index contributed by atoms with van der Waals surface area (Å²) in [7, 11) is 1.77. The SMILES string of the molecule is COCC(NCCn1cccn1)C1CC1. The summed E-state index contributed by atoms with van der Waals surface area (Å²) in [5, 5.41) is 7.70. The van der Waals surface area contributed by atoms with Crippen LogP contribution in [0.4, 0.5) is 0 Å². The van der Waals surface area contributed by atoms with Crippen LogP contribution in [0.2, 0.25) is 0 Å². The molecule has 1 aromatic heterocycles. The molecule has 1 atom stereocenters. The molecule has 0 aliphatic heterocycles. The van der Waals surface area contributed by atoms with E-state index < -0.39 is 0 Å². The van der Waals surface area contributed by atoms with E-state index in [9.17, 15) is 0 Å². The number of nitrogens with one attached hydrogen (secondary N) is 1. The van der Waals surface area contributed by atoms with Crippen LogP contribution in [0.1, 0.15) is 12.8 Å². The molecule has 1 aliphatic rings. The van der Waals surface area contributed by atoms with Gasteiger partial charge in [0.25, 0.3) is 0 Å². The fraction of sp³-hybridized carbons (Fsp3) is 0.727. The third-order valence-electron chi connectivity index (χ3n) is 2.84. The number of rotatable bonds is 7. The van der Waals surface area contributed by atoms with E-state index >= 15 is 0 Å². The van der Waals surface area contributed by atoms with Gasteiger partial charge in [-0.25, -0.2) is 0 Å². The third-order valence-corrected chi connectivity index (χ3v) is 2.84. The largest absolute Gasteiger partial charge is 0.383 e. The lowest BCUT2D eigenvalue weighted by Crippen LogP contribution is -2.37. The zero-order chi connectivity index (χ0) is 10.5. The summed E-state index contributed by atoms with van der Waals surface area (Å²) >= 11 is 0. The molecule has 2 rings (SSSR count). The van der Waals surface area contributed by atoms with Crippen molar-refractivity contribution in [2.75, 3.05) is 20.3 Å². The van der Waals surface area contributed by atoms with E-state index in [1.165, 1.54) is 12.8 Å². The molecule has 84 valence electrons. The number of hydrogen-bond donors (Lipinski definition) is 1. The summed E-state index contributed by atoms with van der Waals surface area (Å²) in [4.78, 5) is 0. The Morgan fingerprint density at radius 2 is 2.47 bits per heavy atom. The number of methoxy groups -OCH3 is 1. The summed E-state index contributed by atoms with van der Waals surface area (Å²) in [5.74, 6) is 0.836. The lowest BCUT2D eigenvalue weighted by Gasteiger charge is -2.17.